The van der Waals surface area contributed by atoms with Crippen LogP contribution in [0.4, 0.5) is 5.00 Å². The van der Waals surface area contributed by atoms with Gasteiger partial charge in [-0.25, -0.2) is 0 Å². The standard InChI is InChI=1S/C25H34N2OS/c1-7-25(5,6)17-12-13-18-19(14-17)29-23-20(18)22(28)26-21(27-23)15-8-10-16(11-9-15)24(2,3)4/h8-11,17,21,27H,7,12-14H2,1-6H3,(H,26,28)/t17-,21+/m0/s1. The Kier molecular flexibility index (Phi) is 5.05. The minimum atomic E-state index is -0.160. The Morgan fingerprint density at radius 3 is 2.38 bits per heavy atom. The van der Waals surface area contributed by atoms with Crippen LogP contribution in [0.5, 0.6) is 0 Å². The van der Waals surface area contributed by atoms with Crippen LogP contribution in [-0.4, -0.2) is 5.91 Å². The Labute approximate surface area is 179 Å². The molecule has 3 nitrogen and oxygen atoms in total. The zero-order chi connectivity index (χ0) is 21.0. The lowest BCUT2D eigenvalue weighted by molar-refractivity contribution is 0.0934. The van der Waals surface area contributed by atoms with Gasteiger partial charge >= 0.3 is 0 Å². The fourth-order valence-corrected chi connectivity index (χ4v) is 5.95. The summed E-state index contributed by atoms with van der Waals surface area (Å²) < 4.78 is 0. The van der Waals surface area contributed by atoms with Gasteiger partial charge in [0.25, 0.3) is 5.91 Å². The molecule has 0 spiro atoms. The van der Waals surface area contributed by atoms with Crippen LogP contribution < -0.4 is 10.6 Å². The number of anilines is 1. The largest absolute Gasteiger partial charge is 0.353 e. The second kappa shape index (κ2) is 7.16. The molecule has 1 aromatic heterocycles. The van der Waals surface area contributed by atoms with Crippen molar-refractivity contribution in [3.8, 4) is 0 Å². The van der Waals surface area contributed by atoms with Crippen LogP contribution in [0.2, 0.25) is 0 Å². The summed E-state index contributed by atoms with van der Waals surface area (Å²) in [6.45, 7) is 13.7. The van der Waals surface area contributed by atoms with Crippen LogP contribution in [0.3, 0.4) is 0 Å². The topological polar surface area (TPSA) is 41.1 Å². The highest BCUT2D eigenvalue weighted by molar-refractivity contribution is 7.16. The highest BCUT2D eigenvalue weighted by Crippen LogP contribution is 2.47. The second-order valence-corrected chi connectivity index (χ2v) is 11.5. The molecule has 156 valence electrons. The molecule has 1 aromatic carbocycles. The Balaban J connectivity index is 1.59. The SMILES string of the molecule is CCC(C)(C)[C@H]1CCc2c(sc3c2C(=O)N[C@@H](c2ccc(C(C)(C)C)cc2)N3)C1. The molecule has 0 bridgehead atoms. The van der Waals surface area contributed by atoms with E-state index < -0.39 is 0 Å². The van der Waals surface area contributed by atoms with E-state index in [4.69, 9.17) is 0 Å². The van der Waals surface area contributed by atoms with E-state index in [1.807, 2.05) is 0 Å². The maximum Gasteiger partial charge on any atom is 0.256 e. The Morgan fingerprint density at radius 1 is 1.07 bits per heavy atom. The number of carbonyl (C=O) groups excluding carboxylic acids is 1. The van der Waals surface area contributed by atoms with Crippen LogP contribution in [0.1, 0.15) is 92.5 Å². The number of nitrogens with one attached hydrogen (secondary N) is 2. The van der Waals surface area contributed by atoms with Gasteiger partial charge in [0.15, 0.2) is 0 Å². The number of hydrogen-bond donors (Lipinski definition) is 2. The normalized spacial score (nSPS) is 21.8. The molecule has 29 heavy (non-hydrogen) atoms. The van der Waals surface area contributed by atoms with E-state index >= 15 is 0 Å². The van der Waals surface area contributed by atoms with Gasteiger partial charge in [0, 0.05) is 4.88 Å². The van der Waals surface area contributed by atoms with Gasteiger partial charge in [-0.1, -0.05) is 72.2 Å². The van der Waals surface area contributed by atoms with Gasteiger partial charge in [0.2, 0.25) is 0 Å². The number of benzene rings is 1. The molecule has 0 saturated heterocycles. The fraction of sp³-hybridized carbons (Fsp3) is 0.560. The van der Waals surface area contributed by atoms with Gasteiger partial charge < -0.3 is 10.6 Å². The molecule has 1 aliphatic carbocycles. The zero-order valence-corrected chi connectivity index (χ0v) is 19.4. The molecule has 2 N–H and O–H groups in total. The predicted molar refractivity (Wildman–Crippen MR) is 123 cm³/mol. The minimum absolute atomic E-state index is 0.0781. The van der Waals surface area contributed by atoms with E-state index in [0.717, 1.165) is 29.0 Å². The van der Waals surface area contributed by atoms with E-state index in [-0.39, 0.29) is 17.5 Å². The highest BCUT2D eigenvalue weighted by Gasteiger charge is 2.37. The summed E-state index contributed by atoms with van der Waals surface area (Å²) in [6.07, 6.45) is 4.35. The average molecular weight is 411 g/mol. The molecule has 0 radical (unpaired) electrons. The van der Waals surface area contributed by atoms with E-state index in [0.29, 0.717) is 11.3 Å². The summed E-state index contributed by atoms with van der Waals surface area (Å²) >= 11 is 1.81. The van der Waals surface area contributed by atoms with Crippen LogP contribution in [0.15, 0.2) is 24.3 Å². The van der Waals surface area contributed by atoms with Gasteiger partial charge in [-0.15, -0.1) is 11.3 Å². The van der Waals surface area contributed by atoms with Crippen molar-refractivity contribution in [1.82, 2.24) is 5.32 Å². The lowest BCUT2D eigenvalue weighted by atomic mass is 9.69. The number of amides is 1. The smallest absolute Gasteiger partial charge is 0.256 e. The van der Waals surface area contributed by atoms with Gasteiger partial charge in [-0.3, -0.25) is 4.79 Å². The molecule has 2 atom stereocenters. The summed E-state index contributed by atoms with van der Waals surface area (Å²) in [5, 5.41) is 7.86. The first kappa shape index (κ1) is 20.5. The minimum Gasteiger partial charge on any atom is -0.353 e. The first-order chi connectivity index (χ1) is 13.6. The third kappa shape index (κ3) is 3.72. The van der Waals surface area contributed by atoms with Crippen LogP contribution in [0, 0.1) is 11.3 Å². The predicted octanol–water partition coefficient (Wildman–Crippen LogP) is 6.44. The number of carbonyl (C=O) groups is 1. The second-order valence-electron chi connectivity index (χ2n) is 10.4. The molecule has 2 heterocycles. The summed E-state index contributed by atoms with van der Waals surface area (Å²) in [7, 11) is 0. The lowest BCUT2D eigenvalue weighted by Crippen LogP contribution is -2.38. The van der Waals surface area contributed by atoms with Crippen molar-refractivity contribution < 1.29 is 4.79 Å². The lowest BCUT2D eigenvalue weighted by Gasteiger charge is -2.36. The molecule has 0 saturated carbocycles. The monoisotopic (exact) mass is 410 g/mol. The van der Waals surface area contributed by atoms with Crippen molar-refractivity contribution in [2.24, 2.45) is 11.3 Å². The van der Waals surface area contributed by atoms with E-state index in [1.54, 1.807) is 11.3 Å². The molecule has 0 fully saturated rings. The summed E-state index contributed by atoms with van der Waals surface area (Å²) in [6, 6.07) is 8.62. The number of hydrogen-bond acceptors (Lipinski definition) is 3. The number of rotatable bonds is 3. The van der Waals surface area contributed by atoms with Crippen molar-refractivity contribution in [1.29, 1.82) is 0 Å². The van der Waals surface area contributed by atoms with Crippen molar-refractivity contribution in [3.63, 3.8) is 0 Å². The van der Waals surface area contributed by atoms with Gasteiger partial charge in [0.1, 0.15) is 11.2 Å². The summed E-state index contributed by atoms with van der Waals surface area (Å²) in [5.41, 5.74) is 5.09. The number of fused-ring (bicyclic) bond motifs is 3. The molecule has 1 aliphatic heterocycles. The van der Waals surface area contributed by atoms with Crippen molar-refractivity contribution in [2.75, 3.05) is 5.32 Å². The Hall–Kier alpha value is -1.81. The third-order valence-electron chi connectivity index (χ3n) is 7.17. The summed E-state index contributed by atoms with van der Waals surface area (Å²) in [4.78, 5) is 14.4. The van der Waals surface area contributed by atoms with Crippen molar-refractivity contribution in [3.05, 3.63) is 51.4 Å². The molecule has 4 heteroatoms. The molecule has 2 aliphatic rings. The van der Waals surface area contributed by atoms with Gasteiger partial charge in [0.05, 0.1) is 5.56 Å². The molecular formula is C25H34N2OS. The van der Waals surface area contributed by atoms with E-state index in [1.165, 1.54) is 28.8 Å². The van der Waals surface area contributed by atoms with Crippen LogP contribution in [0.25, 0.3) is 0 Å². The fourth-order valence-electron chi connectivity index (χ4n) is 4.60. The first-order valence-corrected chi connectivity index (χ1v) is 11.7. The molecule has 1 amide bonds. The highest BCUT2D eigenvalue weighted by atomic mass is 32.1. The molecule has 4 rings (SSSR count). The maximum absolute atomic E-state index is 13.0. The van der Waals surface area contributed by atoms with Gasteiger partial charge in [-0.2, -0.15) is 0 Å². The first-order valence-electron chi connectivity index (χ1n) is 10.9. The third-order valence-corrected chi connectivity index (χ3v) is 8.36. The molecule has 0 unspecified atom stereocenters. The van der Waals surface area contributed by atoms with Crippen molar-refractivity contribution in [2.45, 2.75) is 78.8 Å². The number of thiophene rings is 1. The van der Waals surface area contributed by atoms with E-state index in [2.05, 4.69) is 76.4 Å². The van der Waals surface area contributed by atoms with Crippen molar-refractivity contribution >= 4 is 22.2 Å². The maximum atomic E-state index is 13.0. The Morgan fingerprint density at radius 2 is 1.76 bits per heavy atom. The Bertz CT molecular complexity index is 918. The van der Waals surface area contributed by atoms with Gasteiger partial charge in [-0.05, 0) is 52.7 Å². The quantitative estimate of drug-likeness (QED) is 0.611. The van der Waals surface area contributed by atoms with Crippen LogP contribution >= 0.6 is 11.3 Å². The van der Waals surface area contributed by atoms with E-state index in [9.17, 15) is 4.79 Å². The average Bonchev–Trinajstić information content (AvgIpc) is 3.05. The molecule has 2 aromatic rings. The zero-order valence-electron chi connectivity index (χ0n) is 18.6. The van der Waals surface area contributed by atoms with Crippen LogP contribution in [-0.2, 0) is 18.3 Å². The summed E-state index contributed by atoms with van der Waals surface area (Å²) in [5.74, 6) is 0.776. The molecular weight excluding hydrogens is 376 g/mol.